The molecule has 1 aromatic heterocycles. The average molecular weight is 506 g/mol. The minimum Gasteiger partial charge on any atom is -0.326 e. The molecule has 1 aliphatic heterocycles. The number of aryl methyl sites for hydroxylation is 1. The smallest absolute Gasteiger partial charge is 0.257 e. The van der Waals surface area contributed by atoms with E-state index in [0.717, 1.165) is 30.0 Å². The molecule has 0 aliphatic carbocycles. The van der Waals surface area contributed by atoms with Crippen LogP contribution in [-0.4, -0.2) is 34.5 Å². The van der Waals surface area contributed by atoms with Crippen molar-refractivity contribution in [1.82, 2.24) is 10.2 Å². The number of amides is 3. The van der Waals surface area contributed by atoms with E-state index in [1.54, 1.807) is 29.2 Å². The number of hydrogen-bond donors (Lipinski definition) is 2. The zero-order valence-corrected chi connectivity index (χ0v) is 21.6. The van der Waals surface area contributed by atoms with Gasteiger partial charge in [-0.3, -0.25) is 19.7 Å². The maximum Gasteiger partial charge on any atom is 0.257 e. The van der Waals surface area contributed by atoms with Crippen LogP contribution < -0.4 is 15.5 Å². The van der Waals surface area contributed by atoms with E-state index in [4.69, 9.17) is 0 Å². The molecule has 1 saturated heterocycles. The SMILES string of the molecule is CCc1ccc(N2CC(c3nnc(NC(=O)c4ccc(NC(=O)C(CC)CC)cc4)s3)CC2=O)cc1. The first-order chi connectivity index (χ1) is 17.4. The summed E-state index contributed by atoms with van der Waals surface area (Å²) in [6.07, 6.45) is 2.88. The van der Waals surface area contributed by atoms with Crippen molar-refractivity contribution in [3.05, 3.63) is 64.7 Å². The Morgan fingerprint density at radius 3 is 2.33 bits per heavy atom. The molecular formula is C27H31N5O3S. The fourth-order valence-corrected chi connectivity index (χ4v) is 5.09. The van der Waals surface area contributed by atoms with E-state index in [2.05, 4.69) is 27.8 Å². The van der Waals surface area contributed by atoms with Crippen LogP contribution in [0, 0.1) is 5.92 Å². The van der Waals surface area contributed by atoms with Gasteiger partial charge in [0.05, 0.1) is 0 Å². The van der Waals surface area contributed by atoms with Crippen molar-refractivity contribution in [2.75, 3.05) is 22.1 Å². The molecule has 36 heavy (non-hydrogen) atoms. The second-order valence-electron chi connectivity index (χ2n) is 8.90. The van der Waals surface area contributed by atoms with E-state index < -0.39 is 0 Å². The molecule has 0 spiro atoms. The van der Waals surface area contributed by atoms with Crippen LogP contribution in [0.25, 0.3) is 0 Å². The Morgan fingerprint density at radius 2 is 1.69 bits per heavy atom. The lowest BCUT2D eigenvalue weighted by molar-refractivity contribution is -0.120. The Hall–Kier alpha value is -3.59. The highest BCUT2D eigenvalue weighted by molar-refractivity contribution is 7.15. The molecule has 1 fully saturated rings. The van der Waals surface area contributed by atoms with Gasteiger partial charge in [0.2, 0.25) is 16.9 Å². The summed E-state index contributed by atoms with van der Waals surface area (Å²) in [6, 6.07) is 14.8. The van der Waals surface area contributed by atoms with Gasteiger partial charge in [-0.2, -0.15) is 0 Å². The van der Waals surface area contributed by atoms with Gasteiger partial charge in [0.1, 0.15) is 5.01 Å². The number of hydrogen-bond acceptors (Lipinski definition) is 6. The van der Waals surface area contributed by atoms with Crippen LogP contribution in [0.1, 0.15) is 66.9 Å². The van der Waals surface area contributed by atoms with Gasteiger partial charge >= 0.3 is 0 Å². The third-order valence-electron chi connectivity index (χ3n) is 6.56. The van der Waals surface area contributed by atoms with Gasteiger partial charge in [0.15, 0.2) is 0 Å². The lowest BCUT2D eigenvalue weighted by atomic mass is 10.0. The van der Waals surface area contributed by atoms with Crippen LogP contribution in [-0.2, 0) is 16.0 Å². The minimum atomic E-state index is -0.310. The summed E-state index contributed by atoms with van der Waals surface area (Å²) in [4.78, 5) is 39.4. The number of anilines is 3. The highest BCUT2D eigenvalue weighted by atomic mass is 32.1. The zero-order valence-electron chi connectivity index (χ0n) is 20.8. The van der Waals surface area contributed by atoms with Gasteiger partial charge in [0, 0.05) is 41.7 Å². The molecule has 0 saturated carbocycles. The number of aromatic nitrogens is 2. The van der Waals surface area contributed by atoms with Crippen molar-refractivity contribution in [2.45, 2.75) is 52.4 Å². The number of nitrogens with zero attached hydrogens (tertiary/aromatic N) is 3. The molecule has 4 rings (SSSR count). The Balaban J connectivity index is 1.35. The fraction of sp³-hybridized carbons (Fsp3) is 0.370. The van der Waals surface area contributed by atoms with Crippen LogP contribution in [0.5, 0.6) is 0 Å². The van der Waals surface area contributed by atoms with Crippen LogP contribution in [0.4, 0.5) is 16.5 Å². The van der Waals surface area contributed by atoms with Crippen molar-refractivity contribution in [1.29, 1.82) is 0 Å². The van der Waals surface area contributed by atoms with E-state index in [1.165, 1.54) is 16.9 Å². The number of carbonyl (C=O) groups excluding carboxylic acids is 3. The minimum absolute atomic E-state index is 0.0134. The maximum atomic E-state index is 12.7. The zero-order chi connectivity index (χ0) is 25.7. The molecule has 188 valence electrons. The van der Waals surface area contributed by atoms with E-state index in [9.17, 15) is 14.4 Å². The van der Waals surface area contributed by atoms with Crippen LogP contribution in [0.3, 0.4) is 0 Å². The largest absolute Gasteiger partial charge is 0.326 e. The van der Waals surface area contributed by atoms with Crippen molar-refractivity contribution >= 4 is 45.6 Å². The van der Waals surface area contributed by atoms with E-state index in [1.807, 2.05) is 38.1 Å². The average Bonchev–Trinajstić information content (AvgIpc) is 3.51. The fourth-order valence-electron chi connectivity index (χ4n) is 4.26. The quantitative estimate of drug-likeness (QED) is 0.413. The van der Waals surface area contributed by atoms with Gasteiger partial charge < -0.3 is 10.2 Å². The molecule has 8 nitrogen and oxygen atoms in total. The molecular weight excluding hydrogens is 474 g/mol. The molecule has 0 radical (unpaired) electrons. The number of benzene rings is 2. The Bertz CT molecular complexity index is 1220. The van der Waals surface area contributed by atoms with E-state index in [-0.39, 0.29) is 29.6 Å². The standard InChI is InChI=1S/C27H31N5O3S/c1-4-17-7-13-22(14-8-17)32-16-20(15-23(32)33)26-30-31-27(36-26)29-25(35)19-9-11-21(12-10-19)28-24(34)18(5-2)6-3/h7-14,18,20H,4-6,15-16H2,1-3H3,(H,28,34)(H,29,31,35). The van der Waals surface area contributed by atoms with Crippen molar-refractivity contribution in [2.24, 2.45) is 5.92 Å². The summed E-state index contributed by atoms with van der Waals surface area (Å²) >= 11 is 1.29. The molecule has 3 amide bonds. The lowest BCUT2D eigenvalue weighted by Crippen LogP contribution is -2.24. The van der Waals surface area contributed by atoms with Gasteiger partial charge in [-0.05, 0) is 61.2 Å². The third-order valence-corrected chi connectivity index (χ3v) is 7.56. The lowest BCUT2D eigenvalue weighted by Gasteiger charge is -2.16. The predicted octanol–water partition coefficient (Wildman–Crippen LogP) is 5.25. The number of carbonyl (C=O) groups is 3. The van der Waals surface area contributed by atoms with E-state index in [0.29, 0.717) is 29.3 Å². The normalized spacial score (nSPS) is 15.4. The summed E-state index contributed by atoms with van der Waals surface area (Å²) < 4.78 is 0. The first kappa shape index (κ1) is 25.5. The first-order valence-electron chi connectivity index (χ1n) is 12.4. The summed E-state index contributed by atoms with van der Waals surface area (Å²) in [5.74, 6) is -0.356. The third kappa shape index (κ3) is 5.79. The van der Waals surface area contributed by atoms with Gasteiger partial charge in [-0.25, -0.2) is 0 Å². The summed E-state index contributed by atoms with van der Waals surface area (Å²) in [5.41, 5.74) is 3.22. The van der Waals surface area contributed by atoms with Gasteiger partial charge in [-0.15, -0.1) is 10.2 Å². The highest BCUT2D eigenvalue weighted by Crippen LogP contribution is 2.34. The number of rotatable bonds is 9. The second kappa shape index (κ2) is 11.4. The van der Waals surface area contributed by atoms with Crippen molar-refractivity contribution in [3.8, 4) is 0 Å². The molecule has 1 atom stereocenters. The topological polar surface area (TPSA) is 104 Å². The molecule has 9 heteroatoms. The molecule has 2 heterocycles. The predicted molar refractivity (Wildman–Crippen MR) is 143 cm³/mol. The van der Waals surface area contributed by atoms with Crippen LogP contribution in [0.2, 0.25) is 0 Å². The molecule has 3 aromatic rings. The van der Waals surface area contributed by atoms with E-state index >= 15 is 0 Å². The Kier molecular flexibility index (Phi) is 8.10. The highest BCUT2D eigenvalue weighted by Gasteiger charge is 2.34. The van der Waals surface area contributed by atoms with Gasteiger partial charge in [-0.1, -0.05) is 44.2 Å². The molecule has 2 N–H and O–H groups in total. The Morgan fingerprint density at radius 1 is 1.00 bits per heavy atom. The Labute approximate surface area is 215 Å². The van der Waals surface area contributed by atoms with Crippen LogP contribution >= 0.6 is 11.3 Å². The van der Waals surface area contributed by atoms with Crippen molar-refractivity contribution in [3.63, 3.8) is 0 Å². The summed E-state index contributed by atoms with van der Waals surface area (Å²) in [6.45, 7) is 6.62. The van der Waals surface area contributed by atoms with Gasteiger partial charge in [0.25, 0.3) is 5.91 Å². The van der Waals surface area contributed by atoms with Crippen LogP contribution in [0.15, 0.2) is 48.5 Å². The molecule has 2 aromatic carbocycles. The molecule has 0 bridgehead atoms. The summed E-state index contributed by atoms with van der Waals surface area (Å²) in [7, 11) is 0. The monoisotopic (exact) mass is 505 g/mol. The maximum absolute atomic E-state index is 12.7. The second-order valence-corrected chi connectivity index (χ2v) is 9.91. The summed E-state index contributed by atoms with van der Waals surface area (Å²) in [5, 5.41) is 15.2. The molecule has 1 unspecified atom stereocenters. The molecule has 1 aliphatic rings. The number of nitrogens with one attached hydrogen (secondary N) is 2. The first-order valence-corrected chi connectivity index (χ1v) is 13.2. The van der Waals surface area contributed by atoms with Crippen molar-refractivity contribution < 1.29 is 14.4 Å².